The van der Waals surface area contributed by atoms with Crippen LogP contribution in [0.1, 0.15) is 56.6 Å². The van der Waals surface area contributed by atoms with Crippen LogP contribution in [0, 0.1) is 0 Å². The van der Waals surface area contributed by atoms with Gasteiger partial charge in [-0.1, -0.05) is 11.6 Å². The number of pyridine rings is 1. The zero-order valence-corrected chi connectivity index (χ0v) is 19.2. The summed E-state index contributed by atoms with van der Waals surface area (Å²) >= 11 is 6.14. The fourth-order valence-corrected chi connectivity index (χ4v) is 5.19. The van der Waals surface area contributed by atoms with Crippen molar-refractivity contribution in [1.82, 2.24) is 14.5 Å². The monoisotopic (exact) mass is 485 g/mol. The molecule has 3 aliphatic rings. The number of aromatic nitrogens is 3. The molecule has 0 aromatic carbocycles. The Bertz CT molecular complexity index is 1220. The molecule has 178 valence electrons. The van der Waals surface area contributed by atoms with Gasteiger partial charge in [0.15, 0.2) is 17.4 Å². The molecule has 0 bridgehead atoms. The average molecular weight is 486 g/mol. The smallest absolute Gasteiger partial charge is 0.265 e. The molecule has 10 heteroatoms. The third kappa shape index (κ3) is 4.08. The number of rotatable bonds is 3. The molecule has 1 spiro atoms. The second-order valence-electron chi connectivity index (χ2n) is 8.82. The van der Waals surface area contributed by atoms with Crippen molar-refractivity contribution in [1.29, 1.82) is 0 Å². The number of ketones is 2. The minimum absolute atomic E-state index is 0.156. The number of aliphatic hydroxyl groups excluding tert-OH is 1. The quantitative estimate of drug-likeness (QED) is 0.399. The molecule has 5 rings (SSSR count). The van der Waals surface area contributed by atoms with Crippen LogP contribution in [0.4, 0.5) is 0 Å². The summed E-state index contributed by atoms with van der Waals surface area (Å²) < 4.78 is 13.1. The Balaban J connectivity index is 1.62. The van der Waals surface area contributed by atoms with Crippen molar-refractivity contribution in [2.45, 2.75) is 56.8 Å². The SMILES string of the molecule is O=C1CCCC(=O)C1=C(O)c1cnc(-c2cncc(Cl)c2)n(C2CCC3(CC2)OCCO3)c1=O. The fourth-order valence-electron chi connectivity index (χ4n) is 5.02. The predicted octanol–water partition coefficient (Wildman–Crippen LogP) is 3.41. The van der Waals surface area contributed by atoms with Crippen molar-refractivity contribution in [3.8, 4) is 11.4 Å². The van der Waals surface area contributed by atoms with Gasteiger partial charge in [0.05, 0.1) is 18.2 Å². The summed E-state index contributed by atoms with van der Waals surface area (Å²) in [4.78, 5) is 47.1. The predicted molar refractivity (Wildman–Crippen MR) is 122 cm³/mol. The van der Waals surface area contributed by atoms with E-state index in [1.54, 1.807) is 12.3 Å². The lowest BCUT2D eigenvalue weighted by molar-refractivity contribution is -0.181. The largest absolute Gasteiger partial charge is 0.506 e. The lowest BCUT2D eigenvalue weighted by Crippen LogP contribution is -2.39. The van der Waals surface area contributed by atoms with E-state index in [1.165, 1.54) is 17.0 Å². The van der Waals surface area contributed by atoms with Crippen LogP contribution in [-0.4, -0.2) is 50.2 Å². The van der Waals surface area contributed by atoms with E-state index in [0.29, 0.717) is 61.7 Å². The van der Waals surface area contributed by atoms with Crippen LogP contribution in [0.5, 0.6) is 0 Å². The van der Waals surface area contributed by atoms with E-state index in [9.17, 15) is 19.5 Å². The van der Waals surface area contributed by atoms with Crippen LogP contribution in [0.2, 0.25) is 5.02 Å². The highest BCUT2D eigenvalue weighted by molar-refractivity contribution is 6.30. The highest BCUT2D eigenvalue weighted by atomic mass is 35.5. The van der Waals surface area contributed by atoms with Crippen LogP contribution in [0.15, 0.2) is 35.0 Å². The van der Waals surface area contributed by atoms with Gasteiger partial charge < -0.3 is 14.6 Å². The molecule has 0 unspecified atom stereocenters. The van der Waals surface area contributed by atoms with Crippen molar-refractivity contribution in [3.63, 3.8) is 0 Å². The maximum Gasteiger partial charge on any atom is 0.265 e. The van der Waals surface area contributed by atoms with Crippen molar-refractivity contribution < 1.29 is 24.2 Å². The molecule has 34 heavy (non-hydrogen) atoms. The topological polar surface area (TPSA) is 121 Å². The molecule has 3 fully saturated rings. The van der Waals surface area contributed by atoms with Gasteiger partial charge >= 0.3 is 0 Å². The van der Waals surface area contributed by atoms with Crippen LogP contribution in [0.25, 0.3) is 17.1 Å². The number of allylic oxidation sites excluding steroid dienone is 1. The molecule has 1 N–H and O–H groups in total. The molecule has 0 atom stereocenters. The lowest BCUT2D eigenvalue weighted by Gasteiger charge is -2.36. The van der Waals surface area contributed by atoms with Crippen molar-refractivity contribution in [2.24, 2.45) is 0 Å². The van der Waals surface area contributed by atoms with Gasteiger partial charge in [-0.15, -0.1) is 0 Å². The van der Waals surface area contributed by atoms with E-state index in [4.69, 9.17) is 21.1 Å². The van der Waals surface area contributed by atoms with Crippen LogP contribution in [0.3, 0.4) is 0 Å². The average Bonchev–Trinajstić information content (AvgIpc) is 3.27. The molecule has 3 heterocycles. The van der Waals surface area contributed by atoms with Gasteiger partial charge in [-0.05, 0) is 25.3 Å². The molecule has 1 saturated heterocycles. The van der Waals surface area contributed by atoms with Gasteiger partial charge in [0, 0.05) is 55.9 Å². The maximum absolute atomic E-state index is 13.7. The Hall–Kier alpha value is -2.88. The highest BCUT2D eigenvalue weighted by Crippen LogP contribution is 2.41. The van der Waals surface area contributed by atoms with Crippen LogP contribution in [-0.2, 0) is 19.1 Å². The van der Waals surface area contributed by atoms with Gasteiger partial charge in [-0.2, -0.15) is 0 Å². The molecule has 2 aromatic heterocycles. The highest BCUT2D eigenvalue weighted by Gasteiger charge is 2.41. The maximum atomic E-state index is 13.7. The van der Waals surface area contributed by atoms with Crippen molar-refractivity contribution in [2.75, 3.05) is 13.2 Å². The summed E-state index contributed by atoms with van der Waals surface area (Å²) in [6.45, 7) is 1.09. The van der Waals surface area contributed by atoms with Gasteiger partial charge in [-0.25, -0.2) is 4.98 Å². The Morgan fingerprint density at radius 3 is 2.38 bits per heavy atom. The first kappa shape index (κ1) is 22.9. The number of nitrogens with zero attached hydrogens (tertiary/aromatic N) is 3. The molecular formula is C24H24ClN3O6. The standard InChI is InChI=1S/C24H24ClN3O6/c25-15-10-14(11-26-12-15)22-27-13-17(21(31)20-18(29)2-1-3-19(20)30)23(32)28(22)16-4-6-24(7-5-16)33-8-9-34-24/h10-13,16,31H,1-9H2. The minimum Gasteiger partial charge on any atom is -0.506 e. The number of Topliss-reactive ketones (excluding diaryl/α,β-unsaturated/α-hetero) is 2. The second kappa shape index (κ2) is 9.05. The number of hydrogen-bond donors (Lipinski definition) is 1. The van der Waals surface area contributed by atoms with E-state index in [-0.39, 0.29) is 30.0 Å². The van der Waals surface area contributed by atoms with Gasteiger partial charge in [0.2, 0.25) is 0 Å². The summed E-state index contributed by atoms with van der Waals surface area (Å²) in [5.74, 6) is -1.80. The third-order valence-corrected chi connectivity index (χ3v) is 6.92. The molecule has 1 aliphatic heterocycles. The molecular weight excluding hydrogens is 462 g/mol. The van der Waals surface area contributed by atoms with Crippen molar-refractivity contribution in [3.05, 3.63) is 51.2 Å². The van der Waals surface area contributed by atoms with Crippen molar-refractivity contribution >= 4 is 28.9 Å². The van der Waals surface area contributed by atoms with Crippen LogP contribution >= 0.6 is 11.6 Å². The molecule has 2 saturated carbocycles. The molecule has 0 radical (unpaired) electrons. The van der Waals surface area contributed by atoms with E-state index in [2.05, 4.69) is 9.97 Å². The van der Waals surface area contributed by atoms with E-state index in [0.717, 1.165) is 0 Å². The van der Waals surface area contributed by atoms with E-state index in [1.807, 2.05) is 0 Å². The first-order valence-electron chi connectivity index (χ1n) is 11.4. The lowest BCUT2D eigenvalue weighted by atomic mass is 9.89. The number of hydrogen-bond acceptors (Lipinski definition) is 8. The summed E-state index contributed by atoms with van der Waals surface area (Å²) in [7, 11) is 0. The van der Waals surface area contributed by atoms with E-state index >= 15 is 0 Å². The second-order valence-corrected chi connectivity index (χ2v) is 9.26. The molecule has 2 aliphatic carbocycles. The van der Waals surface area contributed by atoms with E-state index < -0.39 is 28.7 Å². The number of aliphatic hydroxyl groups is 1. The number of carbonyl (C=O) groups excluding carboxylic acids is 2. The minimum atomic E-state index is -0.617. The third-order valence-electron chi connectivity index (χ3n) is 6.71. The summed E-state index contributed by atoms with van der Waals surface area (Å²) in [6, 6.07) is 1.40. The summed E-state index contributed by atoms with van der Waals surface area (Å²) in [5, 5.41) is 11.3. The number of halogens is 1. The van der Waals surface area contributed by atoms with Gasteiger partial charge in [0.25, 0.3) is 5.56 Å². The number of carbonyl (C=O) groups is 2. The normalized spacial score (nSPS) is 20.8. The van der Waals surface area contributed by atoms with Gasteiger partial charge in [0.1, 0.15) is 22.7 Å². The first-order valence-corrected chi connectivity index (χ1v) is 11.8. The zero-order chi connectivity index (χ0) is 23.9. The fraction of sp³-hybridized carbons (Fsp3) is 0.458. The molecule has 9 nitrogen and oxygen atoms in total. The first-order chi connectivity index (χ1) is 16.4. The zero-order valence-electron chi connectivity index (χ0n) is 18.5. The molecule has 0 amide bonds. The van der Waals surface area contributed by atoms with Crippen LogP contribution < -0.4 is 5.56 Å². The Labute approximate surface area is 200 Å². The summed E-state index contributed by atoms with van der Waals surface area (Å²) in [6.07, 6.45) is 7.38. The Morgan fingerprint density at radius 1 is 1.06 bits per heavy atom. The number of ether oxygens (including phenoxy) is 2. The van der Waals surface area contributed by atoms with Gasteiger partial charge in [-0.3, -0.25) is 23.9 Å². The summed E-state index contributed by atoms with van der Waals surface area (Å²) in [5.41, 5.74) is -0.479. The Morgan fingerprint density at radius 2 is 1.74 bits per heavy atom. The molecule has 2 aromatic rings. The Kier molecular flexibility index (Phi) is 6.09.